The van der Waals surface area contributed by atoms with Crippen molar-refractivity contribution in [3.05, 3.63) is 16.7 Å². The van der Waals surface area contributed by atoms with Crippen LogP contribution >= 0.6 is 0 Å². The third kappa shape index (κ3) is 2.00. The molecule has 2 aromatic heterocycles. The largest absolute Gasteiger partial charge is 0.468 e. The van der Waals surface area contributed by atoms with Gasteiger partial charge in [-0.25, -0.2) is 9.55 Å². The Morgan fingerprint density at radius 2 is 2.24 bits per heavy atom. The Balaban J connectivity index is 2.16. The molecular weight excluding hydrogens is 284 g/mol. The van der Waals surface area contributed by atoms with E-state index in [2.05, 4.69) is 15.0 Å². The van der Waals surface area contributed by atoms with Crippen molar-refractivity contribution in [2.75, 3.05) is 13.7 Å². The number of hydrogen-bond acceptors (Lipinski definition) is 8. The first-order valence-corrected chi connectivity index (χ1v) is 6.20. The van der Waals surface area contributed by atoms with Crippen molar-refractivity contribution in [2.24, 2.45) is 0 Å². The summed E-state index contributed by atoms with van der Waals surface area (Å²) < 4.78 is 11.8. The van der Waals surface area contributed by atoms with Crippen LogP contribution in [-0.2, 0) is 4.74 Å². The summed E-state index contributed by atoms with van der Waals surface area (Å²) in [5.41, 5.74) is -0.304. The van der Waals surface area contributed by atoms with Gasteiger partial charge in [-0.15, -0.1) is 0 Å². The molecule has 4 N–H and O–H groups in total. The number of nitrogens with zero attached hydrogens (tertiary/aromatic N) is 3. The molecule has 21 heavy (non-hydrogen) atoms. The van der Waals surface area contributed by atoms with Gasteiger partial charge in [0.2, 0.25) is 0 Å². The molecule has 4 atom stereocenters. The molecule has 10 nitrogen and oxygen atoms in total. The Bertz CT molecular complexity index is 712. The van der Waals surface area contributed by atoms with Gasteiger partial charge in [0.15, 0.2) is 17.4 Å². The van der Waals surface area contributed by atoms with Crippen LogP contribution in [-0.4, -0.2) is 66.9 Å². The number of methoxy groups -OCH3 is 1. The monoisotopic (exact) mass is 298 g/mol. The summed E-state index contributed by atoms with van der Waals surface area (Å²) in [6.45, 7) is -0.461. The number of rotatable bonds is 3. The van der Waals surface area contributed by atoms with Gasteiger partial charge < -0.3 is 29.8 Å². The Morgan fingerprint density at radius 3 is 2.86 bits per heavy atom. The molecule has 0 bridgehead atoms. The molecule has 1 saturated heterocycles. The average Bonchev–Trinajstić information content (AvgIpc) is 2.99. The summed E-state index contributed by atoms with van der Waals surface area (Å²) in [5, 5.41) is 29.0. The maximum absolute atomic E-state index is 11.7. The Hall–Kier alpha value is -2.01. The smallest absolute Gasteiger partial charge is 0.300 e. The van der Waals surface area contributed by atoms with Gasteiger partial charge in [-0.05, 0) is 0 Å². The summed E-state index contributed by atoms with van der Waals surface area (Å²) in [6, 6.07) is 0.00374. The van der Waals surface area contributed by atoms with E-state index in [1.54, 1.807) is 0 Å². The highest BCUT2D eigenvalue weighted by Gasteiger charge is 2.45. The van der Waals surface area contributed by atoms with Crippen LogP contribution in [0.1, 0.15) is 6.23 Å². The number of aromatic nitrogens is 4. The summed E-state index contributed by atoms with van der Waals surface area (Å²) in [7, 11) is 1.34. The standard InChI is InChI=1S/C11H14N4O6/c1-20-11-14-5-8(12-3-13-9(5)19)15(11)10-7(18)6(17)4(2-16)21-10/h3-4,6-7,10,16-18H,2H2,1H3,(H,12,13,19). The number of ether oxygens (including phenoxy) is 2. The number of nitrogens with one attached hydrogen (secondary N) is 1. The second-order valence-corrected chi connectivity index (χ2v) is 4.60. The van der Waals surface area contributed by atoms with E-state index in [0.29, 0.717) is 0 Å². The van der Waals surface area contributed by atoms with E-state index in [4.69, 9.17) is 14.6 Å². The Labute approximate surface area is 117 Å². The van der Waals surface area contributed by atoms with Crippen LogP contribution in [0.3, 0.4) is 0 Å². The third-order valence-electron chi connectivity index (χ3n) is 3.41. The number of aliphatic hydroxyl groups is 3. The van der Waals surface area contributed by atoms with Crippen LogP contribution < -0.4 is 10.3 Å². The lowest BCUT2D eigenvalue weighted by Crippen LogP contribution is -2.33. The van der Waals surface area contributed by atoms with E-state index in [9.17, 15) is 15.0 Å². The molecule has 0 radical (unpaired) electrons. The zero-order valence-corrected chi connectivity index (χ0v) is 11.0. The minimum absolute atomic E-state index is 0.00374. The number of fused-ring (bicyclic) bond motifs is 1. The average molecular weight is 298 g/mol. The van der Waals surface area contributed by atoms with E-state index in [-0.39, 0.29) is 17.2 Å². The number of imidazole rings is 1. The molecule has 1 aliphatic rings. The zero-order valence-electron chi connectivity index (χ0n) is 11.0. The molecule has 0 spiro atoms. The molecule has 114 valence electrons. The highest BCUT2D eigenvalue weighted by Crippen LogP contribution is 2.34. The highest BCUT2D eigenvalue weighted by molar-refractivity contribution is 5.71. The van der Waals surface area contributed by atoms with Gasteiger partial charge in [-0.2, -0.15) is 4.98 Å². The molecule has 3 heterocycles. The fourth-order valence-corrected chi connectivity index (χ4v) is 2.37. The van der Waals surface area contributed by atoms with Crippen molar-refractivity contribution >= 4 is 11.2 Å². The predicted octanol–water partition coefficient (Wildman–Crippen LogP) is -2.26. The molecule has 10 heteroatoms. The summed E-state index contributed by atoms with van der Waals surface area (Å²) in [6.07, 6.45) is -3.44. The quantitative estimate of drug-likeness (QED) is 0.497. The first kappa shape index (κ1) is 13.9. The van der Waals surface area contributed by atoms with Crippen molar-refractivity contribution in [2.45, 2.75) is 24.5 Å². The Kier molecular flexibility index (Phi) is 3.37. The minimum atomic E-state index is -1.32. The van der Waals surface area contributed by atoms with Gasteiger partial charge in [-0.1, -0.05) is 0 Å². The van der Waals surface area contributed by atoms with Crippen LogP contribution in [0.15, 0.2) is 11.1 Å². The van der Waals surface area contributed by atoms with E-state index in [1.807, 2.05) is 0 Å². The molecule has 0 amide bonds. The summed E-state index contributed by atoms with van der Waals surface area (Å²) in [4.78, 5) is 22.1. The SMILES string of the molecule is COc1nc2c(=O)[nH]cnc2n1C1OC(CO)C(O)C1O. The van der Waals surface area contributed by atoms with Gasteiger partial charge >= 0.3 is 6.01 Å². The summed E-state index contributed by atoms with van der Waals surface area (Å²) >= 11 is 0. The number of aromatic amines is 1. The van der Waals surface area contributed by atoms with Gasteiger partial charge in [0, 0.05) is 0 Å². The molecule has 0 saturated carbocycles. The molecule has 0 aliphatic carbocycles. The van der Waals surface area contributed by atoms with Crippen LogP contribution in [0.2, 0.25) is 0 Å². The predicted molar refractivity (Wildman–Crippen MR) is 67.7 cm³/mol. The maximum Gasteiger partial charge on any atom is 0.300 e. The number of aliphatic hydroxyl groups excluding tert-OH is 3. The fourth-order valence-electron chi connectivity index (χ4n) is 2.37. The molecular formula is C11H14N4O6. The second kappa shape index (κ2) is 5.07. The van der Waals surface area contributed by atoms with Gasteiger partial charge in [0.05, 0.1) is 20.0 Å². The van der Waals surface area contributed by atoms with Gasteiger partial charge in [0.25, 0.3) is 5.56 Å². The second-order valence-electron chi connectivity index (χ2n) is 4.60. The van der Waals surface area contributed by atoms with Crippen LogP contribution in [0.5, 0.6) is 6.01 Å². The zero-order chi connectivity index (χ0) is 15.1. The first-order chi connectivity index (χ1) is 10.1. The molecule has 2 aromatic rings. The van der Waals surface area contributed by atoms with Crippen LogP contribution in [0, 0.1) is 0 Å². The van der Waals surface area contributed by atoms with Crippen molar-refractivity contribution in [3.8, 4) is 6.01 Å². The van der Waals surface area contributed by atoms with Crippen molar-refractivity contribution in [3.63, 3.8) is 0 Å². The lowest BCUT2D eigenvalue weighted by molar-refractivity contribution is -0.0537. The van der Waals surface area contributed by atoms with E-state index in [0.717, 1.165) is 0 Å². The third-order valence-corrected chi connectivity index (χ3v) is 3.41. The minimum Gasteiger partial charge on any atom is -0.468 e. The normalized spacial score (nSPS) is 29.1. The lowest BCUT2D eigenvalue weighted by atomic mass is 10.1. The fraction of sp³-hybridized carbons (Fsp3) is 0.545. The van der Waals surface area contributed by atoms with E-state index >= 15 is 0 Å². The van der Waals surface area contributed by atoms with Crippen molar-refractivity contribution in [1.29, 1.82) is 0 Å². The molecule has 3 rings (SSSR count). The summed E-state index contributed by atoms with van der Waals surface area (Å²) in [5.74, 6) is 0. The number of hydrogen-bond donors (Lipinski definition) is 4. The van der Waals surface area contributed by atoms with Gasteiger partial charge in [0.1, 0.15) is 18.3 Å². The van der Waals surface area contributed by atoms with Crippen LogP contribution in [0.4, 0.5) is 0 Å². The molecule has 1 fully saturated rings. The first-order valence-electron chi connectivity index (χ1n) is 6.20. The van der Waals surface area contributed by atoms with Crippen LogP contribution in [0.25, 0.3) is 11.2 Å². The highest BCUT2D eigenvalue weighted by atomic mass is 16.6. The van der Waals surface area contributed by atoms with E-state index < -0.39 is 36.7 Å². The molecule has 1 aliphatic heterocycles. The number of H-pyrrole nitrogens is 1. The van der Waals surface area contributed by atoms with Crippen molar-refractivity contribution in [1.82, 2.24) is 19.5 Å². The van der Waals surface area contributed by atoms with E-state index in [1.165, 1.54) is 18.0 Å². The van der Waals surface area contributed by atoms with Gasteiger partial charge in [-0.3, -0.25) is 4.79 Å². The topological polar surface area (TPSA) is 143 Å². The molecule has 0 aromatic carbocycles. The Morgan fingerprint density at radius 1 is 1.48 bits per heavy atom. The molecule has 4 unspecified atom stereocenters. The van der Waals surface area contributed by atoms with Crippen molar-refractivity contribution < 1.29 is 24.8 Å². The maximum atomic E-state index is 11.7. The lowest BCUT2D eigenvalue weighted by Gasteiger charge is -2.18.